The second kappa shape index (κ2) is 7.11. The van der Waals surface area contributed by atoms with Crippen LogP contribution in [0.25, 0.3) is 0 Å². The standard InChI is InChI=1S/C20H16F2N4O/c21-15-5-6-17(16(22)11-15)24-20-23-9-7-18(25-20)19(27)26-10-8-13-3-1-2-4-14(13)12-26/h1-7,9,11H,8,10,12H2,(H,23,24,25). The highest BCUT2D eigenvalue weighted by Gasteiger charge is 2.22. The zero-order chi connectivity index (χ0) is 18.8. The lowest BCUT2D eigenvalue weighted by atomic mass is 10.00. The number of anilines is 2. The Balaban J connectivity index is 1.53. The monoisotopic (exact) mass is 366 g/mol. The Morgan fingerprint density at radius 2 is 1.89 bits per heavy atom. The van der Waals surface area contributed by atoms with Crippen molar-refractivity contribution in [2.45, 2.75) is 13.0 Å². The summed E-state index contributed by atoms with van der Waals surface area (Å²) in [5.74, 6) is -1.57. The van der Waals surface area contributed by atoms with E-state index < -0.39 is 11.6 Å². The van der Waals surface area contributed by atoms with Gasteiger partial charge in [0.05, 0.1) is 5.69 Å². The fourth-order valence-electron chi connectivity index (χ4n) is 3.08. The summed E-state index contributed by atoms with van der Waals surface area (Å²) in [6, 6.07) is 12.7. The molecule has 1 aliphatic rings. The number of hydrogen-bond acceptors (Lipinski definition) is 4. The third-order valence-electron chi connectivity index (χ3n) is 4.47. The van der Waals surface area contributed by atoms with Gasteiger partial charge in [-0.2, -0.15) is 0 Å². The van der Waals surface area contributed by atoms with Gasteiger partial charge in [-0.05, 0) is 35.7 Å². The molecule has 5 nitrogen and oxygen atoms in total. The van der Waals surface area contributed by atoms with E-state index in [0.29, 0.717) is 13.1 Å². The van der Waals surface area contributed by atoms with Crippen LogP contribution in [0.5, 0.6) is 0 Å². The van der Waals surface area contributed by atoms with Gasteiger partial charge in [-0.3, -0.25) is 4.79 Å². The Hall–Kier alpha value is -3.35. The quantitative estimate of drug-likeness (QED) is 0.768. The minimum atomic E-state index is -0.761. The molecule has 0 radical (unpaired) electrons. The number of rotatable bonds is 3. The van der Waals surface area contributed by atoms with Crippen molar-refractivity contribution in [3.8, 4) is 0 Å². The highest BCUT2D eigenvalue weighted by atomic mass is 19.1. The van der Waals surface area contributed by atoms with Crippen LogP contribution in [0.1, 0.15) is 21.6 Å². The molecule has 4 rings (SSSR count). The summed E-state index contributed by atoms with van der Waals surface area (Å²) in [6.07, 6.45) is 2.22. The second-order valence-corrected chi connectivity index (χ2v) is 6.26. The molecule has 27 heavy (non-hydrogen) atoms. The maximum absolute atomic E-state index is 13.8. The number of fused-ring (bicyclic) bond motifs is 1. The third kappa shape index (κ3) is 3.62. The minimum absolute atomic E-state index is 0.0351. The smallest absolute Gasteiger partial charge is 0.272 e. The number of halogens is 2. The molecule has 0 fully saturated rings. The van der Waals surface area contributed by atoms with Gasteiger partial charge in [0, 0.05) is 25.4 Å². The Labute approximate surface area is 154 Å². The van der Waals surface area contributed by atoms with E-state index >= 15 is 0 Å². The van der Waals surface area contributed by atoms with E-state index in [1.54, 1.807) is 4.90 Å². The summed E-state index contributed by atoms with van der Waals surface area (Å²) >= 11 is 0. The minimum Gasteiger partial charge on any atom is -0.333 e. The molecule has 2 aromatic carbocycles. The van der Waals surface area contributed by atoms with Crippen LogP contribution < -0.4 is 5.32 Å². The van der Waals surface area contributed by atoms with Crippen molar-refractivity contribution < 1.29 is 13.6 Å². The lowest BCUT2D eigenvalue weighted by Gasteiger charge is -2.28. The first-order valence-electron chi connectivity index (χ1n) is 8.51. The van der Waals surface area contributed by atoms with Crippen molar-refractivity contribution in [2.24, 2.45) is 0 Å². The molecular formula is C20H16F2N4O. The summed E-state index contributed by atoms with van der Waals surface area (Å²) in [6.45, 7) is 1.13. The molecule has 0 aliphatic carbocycles. The van der Waals surface area contributed by atoms with Crippen LogP contribution >= 0.6 is 0 Å². The van der Waals surface area contributed by atoms with Crippen molar-refractivity contribution >= 4 is 17.5 Å². The van der Waals surface area contributed by atoms with Crippen LogP contribution in [0.3, 0.4) is 0 Å². The fourth-order valence-corrected chi connectivity index (χ4v) is 3.08. The number of amides is 1. The molecule has 7 heteroatoms. The maximum Gasteiger partial charge on any atom is 0.272 e. The van der Waals surface area contributed by atoms with Gasteiger partial charge in [-0.25, -0.2) is 18.7 Å². The first-order chi connectivity index (χ1) is 13.1. The molecular weight excluding hydrogens is 350 g/mol. The predicted molar refractivity (Wildman–Crippen MR) is 96.6 cm³/mol. The molecule has 0 unspecified atom stereocenters. The lowest BCUT2D eigenvalue weighted by Crippen LogP contribution is -2.36. The van der Waals surface area contributed by atoms with Gasteiger partial charge < -0.3 is 10.2 Å². The average molecular weight is 366 g/mol. The number of carbonyl (C=O) groups is 1. The molecule has 0 spiro atoms. The van der Waals surface area contributed by atoms with Gasteiger partial charge in [0.15, 0.2) is 0 Å². The Bertz CT molecular complexity index is 1010. The van der Waals surface area contributed by atoms with E-state index in [4.69, 9.17) is 0 Å². The first-order valence-corrected chi connectivity index (χ1v) is 8.51. The summed E-state index contributed by atoms with van der Waals surface area (Å²) in [5, 5.41) is 2.68. The van der Waals surface area contributed by atoms with E-state index in [2.05, 4.69) is 21.4 Å². The molecule has 0 saturated heterocycles. The number of benzene rings is 2. The van der Waals surface area contributed by atoms with Crippen molar-refractivity contribution in [3.05, 3.63) is 83.2 Å². The molecule has 1 N–H and O–H groups in total. The molecule has 3 aromatic rings. The summed E-state index contributed by atoms with van der Waals surface area (Å²) < 4.78 is 26.8. The van der Waals surface area contributed by atoms with Gasteiger partial charge in [0.25, 0.3) is 5.91 Å². The summed E-state index contributed by atoms with van der Waals surface area (Å²) in [5.41, 5.74) is 2.62. The van der Waals surface area contributed by atoms with Crippen LogP contribution in [-0.4, -0.2) is 27.3 Å². The van der Waals surface area contributed by atoms with Gasteiger partial charge in [-0.1, -0.05) is 24.3 Å². The van der Waals surface area contributed by atoms with Crippen LogP contribution in [0, 0.1) is 11.6 Å². The van der Waals surface area contributed by atoms with Crippen LogP contribution in [0.15, 0.2) is 54.7 Å². The van der Waals surface area contributed by atoms with Gasteiger partial charge in [0.1, 0.15) is 17.3 Å². The largest absolute Gasteiger partial charge is 0.333 e. The molecule has 2 heterocycles. The van der Waals surface area contributed by atoms with Crippen molar-refractivity contribution in [1.82, 2.24) is 14.9 Å². The van der Waals surface area contributed by atoms with Gasteiger partial charge in [-0.15, -0.1) is 0 Å². The predicted octanol–water partition coefficient (Wildman–Crippen LogP) is 3.70. The molecule has 1 aromatic heterocycles. The van der Waals surface area contributed by atoms with Gasteiger partial charge in [0.2, 0.25) is 5.95 Å². The lowest BCUT2D eigenvalue weighted by molar-refractivity contribution is 0.0728. The number of carbonyl (C=O) groups excluding carboxylic acids is 1. The molecule has 1 aliphatic heterocycles. The molecule has 1 amide bonds. The number of hydrogen-bond donors (Lipinski definition) is 1. The molecule has 136 valence electrons. The number of aromatic nitrogens is 2. The maximum atomic E-state index is 13.8. The zero-order valence-corrected chi connectivity index (χ0v) is 14.3. The molecule has 0 saturated carbocycles. The van der Waals surface area contributed by atoms with Crippen LogP contribution in [0.2, 0.25) is 0 Å². The van der Waals surface area contributed by atoms with Crippen molar-refractivity contribution in [3.63, 3.8) is 0 Å². The first kappa shape index (κ1) is 17.1. The average Bonchev–Trinajstić information content (AvgIpc) is 2.69. The molecule has 0 bridgehead atoms. The second-order valence-electron chi connectivity index (χ2n) is 6.26. The topological polar surface area (TPSA) is 58.1 Å². The third-order valence-corrected chi connectivity index (χ3v) is 4.47. The summed E-state index contributed by atoms with van der Waals surface area (Å²) in [7, 11) is 0. The highest BCUT2D eigenvalue weighted by molar-refractivity contribution is 5.92. The van der Waals surface area contributed by atoms with Crippen molar-refractivity contribution in [2.75, 3.05) is 11.9 Å². The Kier molecular flexibility index (Phi) is 4.50. The van der Waals surface area contributed by atoms with Crippen LogP contribution in [-0.2, 0) is 13.0 Å². The normalized spacial score (nSPS) is 13.2. The van der Waals surface area contributed by atoms with Gasteiger partial charge >= 0.3 is 0 Å². The van der Waals surface area contributed by atoms with Crippen LogP contribution in [0.4, 0.5) is 20.4 Å². The highest BCUT2D eigenvalue weighted by Crippen LogP contribution is 2.21. The SMILES string of the molecule is O=C(c1ccnc(Nc2ccc(F)cc2F)n1)N1CCc2ccccc2C1. The van der Waals surface area contributed by atoms with Crippen molar-refractivity contribution in [1.29, 1.82) is 0 Å². The molecule has 0 atom stereocenters. The number of nitrogens with zero attached hydrogens (tertiary/aromatic N) is 3. The van der Waals surface area contributed by atoms with E-state index in [1.165, 1.54) is 23.9 Å². The number of nitrogens with one attached hydrogen (secondary N) is 1. The van der Waals surface area contributed by atoms with E-state index in [0.717, 1.165) is 24.1 Å². The summed E-state index contributed by atoms with van der Waals surface area (Å²) in [4.78, 5) is 22.7. The van der Waals surface area contributed by atoms with E-state index in [-0.39, 0.29) is 23.2 Å². The Morgan fingerprint density at radius 3 is 2.70 bits per heavy atom. The zero-order valence-electron chi connectivity index (χ0n) is 14.3. The van der Waals surface area contributed by atoms with E-state index in [1.807, 2.05) is 18.2 Å². The Morgan fingerprint density at radius 1 is 1.07 bits per heavy atom. The van der Waals surface area contributed by atoms with E-state index in [9.17, 15) is 13.6 Å². The fraction of sp³-hybridized carbons (Fsp3) is 0.150.